The van der Waals surface area contributed by atoms with Crippen LogP contribution in [0.15, 0.2) is 0 Å². The molecule has 50 valence electrons. The molecule has 0 aliphatic carbocycles. The number of hydrogen-bond donors (Lipinski definition) is 0. The van der Waals surface area contributed by atoms with Gasteiger partial charge in [0, 0.05) is 0 Å². The molecular weight excluding hydrogens is 284 g/mol. The van der Waals surface area contributed by atoms with Gasteiger partial charge in [0.25, 0.3) is 5.97 Å². The van der Waals surface area contributed by atoms with Crippen molar-refractivity contribution in [3.8, 4) is 0 Å². The van der Waals surface area contributed by atoms with E-state index in [2.05, 4.69) is 31.4 Å². The van der Waals surface area contributed by atoms with Gasteiger partial charge in [-0.15, -0.1) is 0 Å². The Balaban J connectivity index is 0. The molecule has 0 rings (SSSR count). The molecule has 0 saturated carbocycles. The van der Waals surface area contributed by atoms with Crippen molar-refractivity contribution >= 4 is 25.7 Å². The van der Waals surface area contributed by atoms with Crippen molar-refractivity contribution in [2.45, 2.75) is 6.92 Å². The van der Waals surface area contributed by atoms with Crippen LogP contribution in [0.25, 0.3) is 0 Å². The summed E-state index contributed by atoms with van der Waals surface area (Å²) < 4.78 is 4.31. The van der Waals surface area contributed by atoms with Gasteiger partial charge in [0.1, 0.15) is 0 Å². The van der Waals surface area contributed by atoms with E-state index >= 15 is 0 Å². The van der Waals surface area contributed by atoms with E-state index in [-0.39, 0.29) is 11.9 Å². The fraction of sp³-hybridized carbons (Fsp3) is 0.600. The Morgan fingerprint density at radius 2 is 2.11 bits per heavy atom. The summed E-state index contributed by atoms with van der Waals surface area (Å²) in [5, 5.41) is 0. The molecule has 4 heteroatoms. The molecule has 0 aliphatic heterocycles. The molecule has 0 N–H and O–H groups in total. The van der Waals surface area contributed by atoms with Crippen molar-refractivity contribution in [3.05, 3.63) is 6.92 Å². The number of carbonyl (C=O) groups is 1. The van der Waals surface area contributed by atoms with Crippen LogP contribution < -0.4 is 0 Å². The van der Waals surface area contributed by atoms with Gasteiger partial charge in [0.05, 0.1) is 7.11 Å². The molecule has 0 fully saturated rings. The number of halogens is 1. The summed E-state index contributed by atoms with van der Waals surface area (Å²) in [7, 11) is 1.35. The standard InChI is InChI=1S/C5H9O2.HI.Zn/c1-4(2)5(6)7-3;;/h4H,1H2,2-3H3;1H;/q-1;;+2/p-1/t4-;;/m1../s1. The van der Waals surface area contributed by atoms with Gasteiger partial charge in [0.15, 0.2) is 0 Å². The third-order valence-electron chi connectivity index (χ3n) is 0.604. The van der Waals surface area contributed by atoms with Crippen molar-refractivity contribution in [2.24, 2.45) is 5.92 Å². The molecule has 0 bridgehead atoms. The average molecular weight is 293 g/mol. The number of methoxy groups -OCH3 is 1. The number of rotatable bonds is 1. The van der Waals surface area contributed by atoms with Crippen LogP contribution in [-0.2, 0) is 24.3 Å². The van der Waals surface area contributed by atoms with Gasteiger partial charge in [-0.05, 0) is 0 Å². The Hall–Kier alpha value is 0.823. The van der Waals surface area contributed by atoms with Crippen molar-refractivity contribution < 1.29 is 24.3 Å². The Bertz CT molecular complexity index is 75.4. The monoisotopic (exact) mass is 292 g/mol. The fourth-order valence-electron chi connectivity index (χ4n) is 0.201. The van der Waals surface area contributed by atoms with E-state index in [1.54, 1.807) is 6.92 Å². The van der Waals surface area contributed by atoms with E-state index < -0.39 is 0 Å². The first-order valence-electron chi connectivity index (χ1n) is 2.36. The molecule has 0 radical (unpaired) electrons. The van der Waals surface area contributed by atoms with E-state index in [9.17, 15) is 4.79 Å². The summed E-state index contributed by atoms with van der Waals surface area (Å²) in [4.78, 5) is 10.2. The van der Waals surface area contributed by atoms with Crippen LogP contribution >= 0.6 is 19.8 Å². The van der Waals surface area contributed by atoms with E-state index in [0.717, 1.165) is 0 Å². The molecule has 0 saturated heterocycles. The average Bonchev–Trinajstić information content (AvgIpc) is 1.91. The summed E-state index contributed by atoms with van der Waals surface area (Å²) in [6.07, 6.45) is 0. The van der Waals surface area contributed by atoms with E-state index in [0.29, 0.717) is 0 Å². The van der Waals surface area contributed by atoms with Gasteiger partial charge in [-0.25, -0.2) is 0 Å². The summed E-state index contributed by atoms with van der Waals surface area (Å²) in [6.45, 7) is 5.12. The van der Waals surface area contributed by atoms with Gasteiger partial charge < -0.3 is 11.7 Å². The first kappa shape index (κ1) is 12.5. The molecule has 2 nitrogen and oxygen atoms in total. The zero-order valence-electron chi connectivity index (χ0n) is 5.69. The minimum absolute atomic E-state index is 0.245. The number of ether oxygens (including phenoxy) is 1. The molecule has 0 unspecified atom stereocenters. The Labute approximate surface area is 76.6 Å². The van der Waals surface area contributed by atoms with Crippen LogP contribution in [0, 0.1) is 12.8 Å². The zero-order chi connectivity index (χ0) is 7.86. The van der Waals surface area contributed by atoms with E-state index in [1.807, 2.05) is 0 Å². The van der Waals surface area contributed by atoms with Crippen molar-refractivity contribution in [3.63, 3.8) is 0 Å². The second-order valence-corrected chi connectivity index (χ2v) is 1.42. The third-order valence-corrected chi connectivity index (χ3v) is 0.604. The predicted molar refractivity (Wildman–Crippen MR) is 40.6 cm³/mol. The van der Waals surface area contributed by atoms with Crippen LogP contribution in [0.4, 0.5) is 0 Å². The predicted octanol–water partition coefficient (Wildman–Crippen LogP) is 1.51. The van der Waals surface area contributed by atoms with Crippen molar-refractivity contribution in [1.82, 2.24) is 0 Å². The second kappa shape index (κ2) is 8.82. The number of hydrogen-bond acceptors (Lipinski definition) is 2. The summed E-state index contributed by atoms with van der Waals surface area (Å²) in [6, 6.07) is 0. The van der Waals surface area contributed by atoms with Crippen LogP contribution in [0.1, 0.15) is 6.92 Å². The number of esters is 1. The molecule has 0 spiro atoms. The van der Waals surface area contributed by atoms with Gasteiger partial charge in [-0.2, -0.15) is 0 Å². The van der Waals surface area contributed by atoms with Crippen LogP contribution in [0.2, 0.25) is 0 Å². The van der Waals surface area contributed by atoms with E-state index in [4.69, 9.17) is 0 Å². The second-order valence-electron chi connectivity index (χ2n) is 1.42. The van der Waals surface area contributed by atoms with Crippen molar-refractivity contribution in [1.29, 1.82) is 0 Å². The molecule has 9 heavy (non-hydrogen) atoms. The molecule has 0 amide bonds. The molecule has 0 aliphatic rings. The van der Waals surface area contributed by atoms with Gasteiger partial charge in [-0.1, -0.05) is 12.8 Å². The quantitative estimate of drug-likeness (QED) is 0.317. The molecule has 1 atom stereocenters. The summed E-state index contributed by atoms with van der Waals surface area (Å²) >= 11 is 3.62. The first-order valence-corrected chi connectivity index (χ1v) is 11.4. The van der Waals surface area contributed by atoms with Crippen LogP contribution in [0.3, 0.4) is 0 Å². The molecule has 0 aromatic carbocycles. The van der Waals surface area contributed by atoms with Crippen LogP contribution in [-0.4, -0.2) is 13.1 Å². The normalized spacial score (nSPS) is 10.9. The Morgan fingerprint density at radius 3 is 2.11 bits per heavy atom. The van der Waals surface area contributed by atoms with Gasteiger partial charge >= 0.3 is 34.5 Å². The Morgan fingerprint density at radius 1 is 1.78 bits per heavy atom. The van der Waals surface area contributed by atoms with E-state index in [1.165, 1.54) is 21.9 Å². The summed E-state index contributed by atoms with van der Waals surface area (Å²) in [5.74, 6) is -0.509. The third kappa shape index (κ3) is 8.82. The fourth-order valence-corrected chi connectivity index (χ4v) is 0.201. The molecule has 0 heterocycles. The maximum absolute atomic E-state index is 10.2. The Kier molecular flexibility index (Phi) is 12.2. The molecule has 0 aromatic rings. The molecule has 0 aromatic heterocycles. The number of carbonyl (C=O) groups excluding carboxylic acids is 1. The maximum atomic E-state index is 10.2. The molecular formula is C5H9IO2Zn. The summed E-state index contributed by atoms with van der Waals surface area (Å²) in [5.41, 5.74) is 0. The van der Waals surface area contributed by atoms with Gasteiger partial charge in [-0.3, -0.25) is 4.79 Å². The first-order chi connectivity index (χ1) is 4.18. The minimum atomic E-state index is -0.264. The zero-order valence-corrected chi connectivity index (χ0v) is 10.8. The topological polar surface area (TPSA) is 26.3 Å². The van der Waals surface area contributed by atoms with Gasteiger partial charge in [0.2, 0.25) is 0 Å². The van der Waals surface area contributed by atoms with Crippen molar-refractivity contribution in [2.75, 3.05) is 7.11 Å². The van der Waals surface area contributed by atoms with Crippen LogP contribution in [0.5, 0.6) is 0 Å². The SMILES string of the molecule is [CH2-][C@H](C)C(=O)OC.[Zn+][I].